The molecule has 36 heavy (non-hydrogen) atoms. The Kier molecular flexibility index (Phi) is 14.1. The number of carbonyl (C=O) groups is 5. The van der Waals surface area contributed by atoms with Crippen molar-refractivity contribution in [2.75, 3.05) is 12.3 Å². The maximum absolute atomic E-state index is 12.9. The van der Waals surface area contributed by atoms with E-state index in [0.717, 1.165) is 5.56 Å². The molecule has 0 aromatic heterocycles. The molecule has 1 rings (SSSR count). The molecule has 4 unspecified atom stereocenters. The van der Waals surface area contributed by atoms with Gasteiger partial charge in [-0.15, -0.1) is 0 Å². The molecule has 1 aromatic rings. The lowest BCUT2D eigenvalue weighted by Crippen LogP contribution is -2.57. The lowest BCUT2D eigenvalue weighted by molar-refractivity contribution is -0.142. The minimum atomic E-state index is -1.37. The first-order chi connectivity index (χ1) is 17.1. The second kappa shape index (κ2) is 16.5. The molecular formula is C23H36N6O6S. The maximum atomic E-state index is 12.9. The van der Waals surface area contributed by atoms with Crippen LogP contribution in [0.2, 0.25) is 0 Å². The Labute approximate surface area is 215 Å². The highest BCUT2D eigenvalue weighted by atomic mass is 32.1. The SMILES string of the molecule is NCCCCC(NC(=O)C(CS)NC(=O)C(N)Cc1ccccc1)C(=O)NC(CCC(N)=O)C(=O)O. The molecule has 1 aromatic carbocycles. The molecule has 200 valence electrons. The number of thiol groups is 1. The number of unbranched alkanes of at least 4 members (excludes halogenated alkanes) is 1. The second-order valence-corrected chi connectivity index (χ2v) is 8.66. The summed E-state index contributed by atoms with van der Waals surface area (Å²) in [6.07, 6.45) is 1.06. The summed E-state index contributed by atoms with van der Waals surface area (Å²) in [5, 5.41) is 16.8. The highest BCUT2D eigenvalue weighted by Gasteiger charge is 2.29. The summed E-state index contributed by atoms with van der Waals surface area (Å²) >= 11 is 4.13. The van der Waals surface area contributed by atoms with Crippen molar-refractivity contribution in [1.82, 2.24) is 16.0 Å². The molecule has 0 bridgehead atoms. The van der Waals surface area contributed by atoms with Gasteiger partial charge in [0.2, 0.25) is 23.6 Å². The summed E-state index contributed by atoms with van der Waals surface area (Å²) in [7, 11) is 0. The van der Waals surface area contributed by atoms with Crippen molar-refractivity contribution < 1.29 is 29.1 Å². The van der Waals surface area contributed by atoms with E-state index in [9.17, 15) is 29.1 Å². The molecule has 0 aliphatic carbocycles. The molecule has 0 spiro atoms. The Morgan fingerprint density at radius 3 is 2.00 bits per heavy atom. The minimum Gasteiger partial charge on any atom is -0.480 e. The summed E-state index contributed by atoms with van der Waals surface area (Å²) in [6.45, 7) is 0.368. The second-order valence-electron chi connectivity index (χ2n) is 8.29. The van der Waals surface area contributed by atoms with Crippen LogP contribution in [0.4, 0.5) is 0 Å². The number of hydrogen-bond donors (Lipinski definition) is 8. The van der Waals surface area contributed by atoms with Crippen LogP contribution in [-0.4, -0.2) is 71.2 Å². The molecule has 0 aliphatic rings. The van der Waals surface area contributed by atoms with Gasteiger partial charge in [0, 0.05) is 12.2 Å². The van der Waals surface area contributed by atoms with Crippen molar-refractivity contribution in [3.8, 4) is 0 Å². The van der Waals surface area contributed by atoms with Gasteiger partial charge in [-0.2, -0.15) is 12.6 Å². The monoisotopic (exact) mass is 524 g/mol. The normalized spacial score (nSPS) is 14.1. The molecular weight excluding hydrogens is 488 g/mol. The summed E-state index contributed by atoms with van der Waals surface area (Å²) in [4.78, 5) is 60.7. The van der Waals surface area contributed by atoms with Gasteiger partial charge in [0.15, 0.2) is 0 Å². The van der Waals surface area contributed by atoms with E-state index in [0.29, 0.717) is 19.4 Å². The van der Waals surface area contributed by atoms with Crippen LogP contribution in [0.25, 0.3) is 0 Å². The standard InChI is InChI=1S/C23H36N6O6S/c24-11-5-4-8-16(21(32)28-17(23(34)35)9-10-19(26)30)27-22(33)18(13-36)29-20(31)15(25)12-14-6-2-1-3-7-14/h1-3,6-7,15-18,36H,4-5,8-13,24-25H2,(H2,26,30)(H,27,33)(H,28,32)(H,29,31)(H,34,35). The highest BCUT2D eigenvalue weighted by Crippen LogP contribution is 2.06. The molecule has 0 radical (unpaired) electrons. The fourth-order valence-electron chi connectivity index (χ4n) is 3.28. The van der Waals surface area contributed by atoms with Crippen LogP contribution in [-0.2, 0) is 30.4 Å². The van der Waals surface area contributed by atoms with Crippen LogP contribution in [0, 0.1) is 0 Å². The molecule has 4 amide bonds. The van der Waals surface area contributed by atoms with Gasteiger partial charge in [-0.1, -0.05) is 30.3 Å². The summed E-state index contributed by atoms with van der Waals surface area (Å²) in [6, 6.07) is 4.68. The predicted octanol–water partition coefficient (Wildman–Crippen LogP) is -1.58. The molecule has 0 heterocycles. The zero-order valence-electron chi connectivity index (χ0n) is 20.0. The number of nitrogens with one attached hydrogen (secondary N) is 3. The molecule has 0 fully saturated rings. The number of carboxylic acids is 1. The van der Waals surface area contributed by atoms with Crippen LogP contribution < -0.4 is 33.2 Å². The zero-order chi connectivity index (χ0) is 27.1. The van der Waals surface area contributed by atoms with Crippen LogP contribution in [0.5, 0.6) is 0 Å². The molecule has 10 N–H and O–H groups in total. The van der Waals surface area contributed by atoms with Gasteiger partial charge in [-0.25, -0.2) is 4.79 Å². The topological polar surface area (TPSA) is 220 Å². The van der Waals surface area contributed by atoms with Crippen LogP contribution in [0.15, 0.2) is 30.3 Å². The Balaban J connectivity index is 2.84. The molecule has 12 nitrogen and oxygen atoms in total. The van der Waals surface area contributed by atoms with Crippen molar-refractivity contribution >= 4 is 42.2 Å². The third-order valence-electron chi connectivity index (χ3n) is 5.32. The summed E-state index contributed by atoms with van der Waals surface area (Å²) < 4.78 is 0. The van der Waals surface area contributed by atoms with E-state index in [-0.39, 0.29) is 31.4 Å². The van der Waals surface area contributed by atoms with Crippen LogP contribution >= 0.6 is 12.6 Å². The first-order valence-corrected chi connectivity index (χ1v) is 12.2. The Bertz CT molecular complexity index is 887. The zero-order valence-corrected chi connectivity index (χ0v) is 20.9. The van der Waals surface area contributed by atoms with Crippen molar-refractivity contribution in [3.05, 3.63) is 35.9 Å². The third-order valence-corrected chi connectivity index (χ3v) is 5.69. The van der Waals surface area contributed by atoms with Gasteiger partial charge in [0.1, 0.15) is 18.1 Å². The van der Waals surface area contributed by atoms with Crippen molar-refractivity contribution in [2.45, 2.75) is 62.7 Å². The molecule has 4 atom stereocenters. The van der Waals surface area contributed by atoms with E-state index in [2.05, 4.69) is 28.6 Å². The van der Waals surface area contributed by atoms with E-state index >= 15 is 0 Å². The number of nitrogens with two attached hydrogens (primary N) is 3. The van der Waals surface area contributed by atoms with Gasteiger partial charge in [0.05, 0.1) is 6.04 Å². The van der Waals surface area contributed by atoms with E-state index in [1.165, 1.54) is 0 Å². The fourth-order valence-corrected chi connectivity index (χ4v) is 3.54. The maximum Gasteiger partial charge on any atom is 0.326 e. The Morgan fingerprint density at radius 1 is 0.861 bits per heavy atom. The first kappa shape index (κ1) is 30.9. The lowest BCUT2D eigenvalue weighted by atomic mass is 10.1. The lowest BCUT2D eigenvalue weighted by Gasteiger charge is -2.24. The number of hydrogen-bond acceptors (Lipinski definition) is 8. The van der Waals surface area contributed by atoms with Crippen LogP contribution in [0.1, 0.15) is 37.7 Å². The smallest absolute Gasteiger partial charge is 0.326 e. The number of aliphatic carboxylic acids is 1. The van der Waals surface area contributed by atoms with Crippen LogP contribution in [0.3, 0.4) is 0 Å². The largest absolute Gasteiger partial charge is 0.480 e. The predicted molar refractivity (Wildman–Crippen MR) is 137 cm³/mol. The number of primary amides is 1. The quantitative estimate of drug-likeness (QED) is 0.0875. The van der Waals surface area contributed by atoms with Gasteiger partial charge < -0.3 is 38.3 Å². The molecule has 0 saturated heterocycles. The third kappa shape index (κ3) is 11.5. The number of rotatable bonds is 17. The molecule has 0 aliphatic heterocycles. The first-order valence-electron chi connectivity index (χ1n) is 11.6. The van der Waals surface area contributed by atoms with Crippen molar-refractivity contribution in [3.63, 3.8) is 0 Å². The van der Waals surface area contributed by atoms with Gasteiger partial charge in [-0.3, -0.25) is 19.2 Å². The minimum absolute atomic E-state index is 0.0663. The highest BCUT2D eigenvalue weighted by molar-refractivity contribution is 7.80. The van der Waals surface area contributed by atoms with Gasteiger partial charge >= 0.3 is 5.97 Å². The number of carbonyl (C=O) groups excluding carboxylic acids is 4. The average Bonchev–Trinajstić information content (AvgIpc) is 2.84. The molecule has 13 heteroatoms. The van der Waals surface area contributed by atoms with E-state index in [1.807, 2.05) is 30.3 Å². The number of carboxylic acid groups (broad SMARTS) is 1. The van der Waals surface area contributed by atoms with Gasteiger partial charge in [0.25, 0.3) is 0 Å². The van der Waals surface area contributed by atoms with Crippen molar-refractivity contribution in [1.29, 1.82) is 0 Å². The van der Waals surface area contributed by atoms with E-state index in [4.69, 9.17) is 17.2 Å². The molecule has 0 saturated carbocycles. The average molecular weight is 525 g/mol. The van der Waals surface area contributed by atoms with Crippen molar-refractivity contribution in [2.24, 2.45) is 17.2 Å². The number of amides is 4. The summed E-state index contributed by atoms with van der Waals surface area (Å²) in [5.74, 6) is -4.10. The Morgan fingerprint density at radius 2 is 1.44 bits per heavy atom. The Hall–Kier alpha value is -3.16. The summed E-state index contributed by atoms with van der Waals surface area (Å²) in [5.41, 5.74) is 17.4. The van der Waals surface area contributed by atoms with Gasteiger partial charge in [-0.05, 0) is 44.2 Å². The fraction of sp³-hybridized carbons (Fsp3) is 0.522. The van der Waals surface area contributed by atoms with E-state index < -0.39 is 53.8 Å². The number of benzene rings is 1. The van der Waals surface area contributed by atoms with E-state index in [1.54, 1.807) is 0 Å².